The number of thiazole rings is 1. The summed E-state index contributed by atoms with van der Waals surface area (Å²) in [5.74, 6) is -3.02. The molecule has 0 amide bonds. The normalized spacial score (nSPS) is 12.7. The Bertz CT molecular complexity index is 1230. The molecule has 0 aliphatic carbocycles. The lowest BCUT2D eigenvalue weighted by Crippen LogP contribution is -2.22. The SMILES string of the molecule is C=C(NCC)c1c(C(F)(F)F)sc2nc(Cn3nc(C(C)(F)F)cc3CC(C)C)cc(=O)n12. The third-order valence-electron chi connectivity index (χ3n) is 4.75. The molecule has 0 aliphatic heterocycles. The maximum Gasteiger partial charge on any atom is 0.427 e. The first-order valence-corrected chi connectivity index (χ1v) is 11.0. The van der Waals surface area contributed by atoms with Crippen LogP contribution in [0.2, 0.25) is 0 Å². The van der Waals surface area contributed by atoms with Crippen LogP contribution < -0.4 is 10.9 Å². The molecule has 6 nitrogen and oxygen atoms in total. The third kappa shape index (κ3) is 5.26. The molecule has 3 aromatic rings. The van der Waals surface area contributed by atoms with Crippen molar-refractivity contribution < 1.29 is 22.0 Å². The fourth-order valence-corrected chi connectivity index (χ4v) is 4.45. The molecule has 0 spiro atoms. The highest BCUT2D eigenvalue weighted by molar-refractivity contribution is 7.17. The lowest BCUT2D eigenvalue weighted by Gasteiger charge is -2.12. The standard InChI is InChI=1S/C21H24F5N5OS/c1-6-27-12(4)17-18(21(24,25)26)33-19-28-13(8-16(32)31(17)19)10-30-14(7-11(2)3)9-15(29-30)20(5,22)23/h8-9,11,27H,4,6-7,10H2,1-3,5H3. The van der Waals surface area contributed by atoms with Gasteiger partial charge in [-0.2, -0.15) is 27.1 Å². The molecule has 0 radical (unpaired) electrons. The van der Waals surface area contributed by atoms with Gasteiger partial charge >= 0.3 is 6.18 Å². The van der Waals surface area contributed by atoms with Crippen LogP contribution in [0.3, 0.4) is 0 Å². The molecule has 0 fully saturated rings. The van der Waals surface area contributed by atoms with Crippen molar-refractivity contribution in [3.8, 4) is 0 Å². The van der Waals surface area contributed by atoms with Gasteiger partial charge in [-0.25, -0.2) is 9.38 Å². The molecule has 1 N–H and O–H groups in total. The van der Waals surface area contributed by atoms with Gasteiger partial charge in [-0.05, 0) is 25.3 Å². The van der Waals surface area contributed by atoms with Crippen LogP contribution in [0.15, 0.2) is 23.5 Å². The van der Waals surface area contributed by atoms with Crippen LogP contribution in [0.25, 0.3) is 10.7 Å². The van der Waals surface area contributed by atoms with Crippen molar-refractivity contribution in [1.82, 2.24) is 24.5 Å². The Morgan fingerprint density at radius 2 is 1.91 bits per heavy atom. The molecule has 3 heterocycles. The Morgan fingerprint density at radius 3 is 2.45 bits per heavy atom. The van der Waals surface area contributed by atoms with Crippen molar-refractivity contribution in [2.75, 3.05) is 6.54 Å². The zero-order valence-corrected chi connectivity index (χ0v) is 19.4. The third-order valence-corrected chi connectivity index (χ3v) is 5.83. The van der Waals surface area contributed by atoms with Crippen molar-refractivity contribution in [2.45, 2.75) is 52.8 Å². The van der Waals surface area contributed by atoms with Gasteiger partial charge in [0, 0.05) is 25.2 Å². The summed E-state index contributed by atoms with van der Waals surface area (Å²) in [6, 6.07) is 2.39. The highest BCUT2D eigenvalue weighted by Gasteiger charge is 2.38. The van der Waals surface area contributed by atoms with Gasteiger partial charge in [-0.3, -0.25) is 9.48 Å². The number of nitrogens with one attached hydrogen (secondary N) is 1. The maximum atomic E-state index is 13.8. The summed E-state index contributed by atoms with van der Waals surface area (Å²) in [4.78, 5) is 15.9. The van der Waals surface area contributed by atoms with Gasteiger partial charge in [0.05, 0.1) is 23.6 Å². The summed E-state index contributed by atoms with van der Waals surface area (Å²) in [6.07, 6.45) is -4.26. The van der Waals surface area contributed by atoms with Gasteiger partial charge in [0.1, 0.15) is 10.6 Å². The smallest absolute Gasteiger partial charge is 0.384 e. The highest BCUT2D eigenvalue weighted by Crippen LogP contribution is 2.39. The van der Waals surface area contributed by atoms with Crippen molar-refractivity contribution in [1.29, 1.82) is 0 Å². The predicted octanol–water partition coefficient (Wildman–Crippen LogP) is 4.91. The Labute approximate surface area is 190 Å². The zero-order chi connectivity index (χ0) is 24.7. The first-order chi connectivity index (χ1) is 15.2. The summed E-state index contributed by atoms with van der Waals surface area (Å²) in [6.45, 7) is 10.1. The second-order valence-corrected chi connectivity index (χ2v) is 9.13. The Morgan fingerprint density at radius 1 is 1.24 bits per heavy atom. The van der Waals surface area contributed by atoms with Crippen LogP contribution in [0.1, 0.15) is 55.3 Å². The Kier molecular flexibility index (Phi) is 6.69. The number of hydrogen-bond acceptors (Lipinski definition) is 5. The summed E-state index contributed by atoms with van der Waals surface area (Å²) < 4.78 is 70.9. The Hall–Kier alpha value is -2.76. The molecule has 0 aliphatic rings. The molecule has 3 aromatic heterocycles. The zero-order valence-electron chi connectivity index (χ0n) is 18.6. The van der Waals surface area contributed by atoms with E-state index in [1.807, 2.05) is 13.8 Å². The molecule has 3 rings (SSSR count). The number of alkyl halides is 5. The number of fused-ring (bicyclic) bond motifs is 1. The average molecular weight is 490 g/mol. The monoisotopic (exact) mass is 489 g/mol. The average Bonchev–Trinajstić information content (AvgIpc) is 3.23. The fourth-order valence-electron chi connectivity index (χ4n) is 3.41. The van der Waals surface area contributed by atoms with Crippen molar-refractivity contribution in [3.63, 3.8) is 0 Å². The molecule has 0 atom stereocenters. The number of nitrogens with zero attached hydrogens (tertiary/aromatic N) is 4. The van der Waals surface area contributed by atoms with E-state index in [2.05, 4.69) is 22.0 Å². The number of hydrogen-bond donors (Lipinski definition) is 1. The predicted molar refractivity (Wildman–Crippen MR) is 116 cm³/mol. The van der Waals surface area contributed by atoms with E-state index in [0.29, 0.717) is 30.0 Å². The first-order valence-electron chi connectivity index (χ1n) is 10.2. The van der Waals surface area contributed by atoms with Crippen LogP contribution in [0.5, 0.6) is 0 Å². The topological polar surface area (TPSA) is 64.2 Å². The van der Waals surface area contributed by atoms with E-state index in [1.165, 1.54) is 10.7 Å². The van der Waals surface area contributed by atoms with Crippen LogP contribution in [-0.2, 0) is 25.1 Å². The minimum atomic E-state index is -4.72. The van der Waals surface area contributed by atoms with Gasteiger partial charge in [-0.15, -0.1) is 0 Å². The number of aromatic nitrogens is 4. The second kappa shape index (κ2) is 8.88. The van der Waals surface area contributed by atoms with E-state index in [1.54, 1.807) is 6.92 Å². The van der Waals surface area contributed by atoms with E-state index in [4.69, 9.17) is 0 Å². The molecule has 33 heavy (non-hydrogen) atoms. The van der Waals surface area contributed by atoms with Crippen LogP contribution in [0.4, 0.5) is 22.0 Å². The van der Waals surface area contributed by atoms with Gasteiger partial charge in [0.15, 0.2) is 4.96 Å². The fraction of sp³-hybridized carbons (Fsp3) is 0.476. The van der Waals surface area contributed by atoms with Crippen molar-refractivity contribution in [3.05, 3.63) is 56.7 Å². The largest absolute Gasteiger partial charge is 0.427 e. The van der Waals surface area contributed by atoms with E-state index < -0.39 is 28.2 Å². The van der Waals surface area contributed by atoms with Crippen molar-refractivity contribution >= 4 is 22.0 Å². The summed E-state index contributed by atoms with van der Waals surface area (Å²) in [5, 5.41) is 6.69. The highest BCUT2D eigenvalue weighted by atomic mass is 32.1. The van der Waals surface area contributed by atoms with Gasteiger partial charge in [-0.1, -0.05) is 31.8 Å². The summed E-state index contributed by atoms with van der Waals surface area (Å²) >= 11 is 0.325. The van der Waals surface area contributed by atoms with Crippen LogP contribution in [-0.4, -0.2) is 25.7 Å². The molecule has 0 saturated carbocycles. The van der Waals surface area contributed by atoms with E-state index >= 15 is 0 Å². The first kappa shape index (κ1) is 24.9. The molecule has 180 valence electrons. The summed E-state index contributed by atoms with van der Waals surface area (Å²) in [7, 11) is 0. The molecular weight excluding hydrogens is 465 g/mol. The minimum absolute atomic E-state index is 0.0474. The van der Waals surface area contributed by atoms with E-state index in [9.17, 15) is 26.7 Å². The minimum Gasteiger partial charge on any atom is -0.384 e. The van der Waals surface area contributed by atoms with E-state index in [-0.39, 0.29) is 34.5 Å². The second-order valence-electron chi connectivity index (χ2n) is 8.16. The van der Waals surface area contributed by atoms with Gasteiger partial charge < -0.3 is 5.32 Å². The van der Waals surface area contributed by atoms with Crippen LogP contribution >= 0.6 is 11.3 Å². The van der Waals surface area contributed by atoms with Gasteiger partial charge in [0.2, 0.25) is 0 Å². The number of halogens is 5. The molecule has 0 bridgehead atoms. The van der Waals surface area contributed by atoms with Crippen LogP contribution in [0, 0.1) is 5.92 Å². The quantitative estimate of drug-likeness (QED) is 0.457. The lowest BCUT2D eigenvalue weighted by molar-refractivity contribution is -0.134. The van der Waals surface area contributed by atoms with Gasteiger partial charge in [0.25, 0.3) is 11.5 Å². The number of rotatable bonds is 8. The molecule has 0 saturated heterocycles. The molecular formula is C21H24F5N5OS. The van der Waals surface area contributed by atoms with E-state index in [0.717, 1.165) is 17.4 Å². The molecule has 12 heteroatoms. The van der Waals surface area contributed by atoms with Crippen molar-refractivity contribution in [2.24, 2.45) is 5.92 Å². The Balaban J connectivity index is 2.13. The molecule has 0 unspecified atom stereocenters. The molecule has 0 aromatic carbocycles. The maximum absolute atomic E-state index is 13.8. The lowest BCUT2D eigenvalue weighted by atomic mass is 10.1. The summed E-state index contributed by atoms with van der Waals surface area (Å²) in [5.41, 5.74) is -0.943.